The van der Waals surface area contributed by atoms with E-state index >= 15 is 0 Å². The fourth-order valence-electron chi connectivity index (χ4n) is 1.81. The van der Waals surface area contributed by atoms with E-state index in [9.17, 15) is 4.79 Å². The number of aromatic nitrogens is 2. The number of benzene rings is 1. The summed E-state index contributed by atoms with van der Waals surface area (Å²) in [7, 11) is 1.78. The average Bonchev–Trinajstić information content (AvgIpc) is 2.94. The van der Waals surface area contributed by atoms with E-state index in [1.54, 1.807) is 35.9 Å². The molecule has 0 unspecified atom stereocenters. The van der Waals surface area contributed by atoms with Crippen LogP contribution in [0.4, 0.5) is 0 Å². The van der Waals surface area contributed by atoms with Crippen LogP contribution < -0.4 is 5.32 Å². The van der Waals surface area contributed by atoms with E-state index in [2.05, 4.69) is 16.5 Å². The number of nitriles is 1. The van der Waals surface area contributed by atoms with Crippen molar-refractivity contribution in [2.45, 2.75) is 5.75 Å². The van der Waals surface area contributed by atoms with Crippen LogP contribution >= 0.6 is 11.8 Å². The van der Waals surface area contributed by atoms with Crippen molar-refractivity contribution in [2.75, 3.05) is 12.3 Å². The molecule has 2 aromatic rings. The topological polar surface area (TPSA) is 70.7 Å². The fourth-order valence-corrected chi connectivity index (χ4v) is 2.68. The third-order valence-corrected chi connectivity index (χ3v) is 3.90. The Hall–Kier alpha value is -2.26. The minimum absolute atomic E-state index is 0.110. The van der Waals surface area contributed by atoms with Crippen LogP contribution in [-0.4, -0.2) is 28.0 Å². The summed E-state index contributed by atoms with van der Waals surface area (Å²) in [4.78, 5) is 11.8. The standard InChI is InChI=1S/C15H16N4OS/c1-19-10-14(9-18-19)15(20)17-6-7-21-11-13-5-3-2-4-12(13)8-16/h2-5,9-10H,6-7,11H2,1H3,(H,17,20). The molecule has 1 aromatic carbocycles. The zero-order valence-corrected chi connectivity index (χ0v) is 12.6. The highest BCUT2D eigenvalue weighted by Gasteiger charge is 2.06. The summed E-state index contributed by atoms with van der Waals surface area (Å²) in [5.41, 5.74) is 2.31. The molecule has 1 N–H and O–H groups in total. The highest BCUT2D eigenvalue weighted by molar-refractivity contribution is 7.98. The quantitative estimate of drug-likeness (QED) is 0.828. The molecule has 1 amide bonds. The number of carbonyl (C=O) groups is 1. The smallest absolute Gasteiger partial charge is 0.254 e. The summed E-state index contributed by atoms with van der Waals surface area (Å²) in [5.74, 6) is 1.46. The molecule has 21 heavy (non-hydrogen) atoms. The summed E-state index contributed by atoms with van der Waals surface area (Å²) in [5, 5.41) is 15.8. The Balaban J connectivity index is 1.71. The Morgan fingerprint density at radius 1 is 1.48 bits per heavy atom. The zero-order valence-electron chi connectivity index (χ0n) is 11.7. The Bertz CT molecular complexity index is 660. The van der Waals surface area contributed by atoms with Crippen molar-refractivity contribution in [1.82, 2.24) is 15.1 Å². The van der Waals surface area contributed by atoms with E-state index in [4.69, 9.17) is 5.26 Å². The monoisotopic (exact) mass is 300 g/mol. The van der Waals surface area contributed by atoms with Gasteiger partial charge in [0.25, 0.3) is 5.91 Å². The normalized spacial score (nSPS) is 10.1. The van der Waals surface area contributed by atoms with Crippen LogP contribution in [0.3, 0.4) is 0 Å². The predicted octanol–water partition coefficient (Wildman–Crippen LogP) is 1.95. The maximum atomic E-state index is 11.8. The van der Waals surface area contributed by atoms with Gasteiger partial charge in [0.05, 0.1) is 23.4 Å². The molecule has 0 aliphatic heterocycles. The van der Waals surface area contributed by atoms with Crippen molar-refractivity contribution < 1.29 is 4.79 Å². The van der Waals surface area contributed by atoms with E-state index in [0.717, 1.165) is 17.1 Å². The minimum atomic E-state index is -0.110. The third-order valence-electron chi connectivity index (χ3n) is 2.89. The lowest BCUT2D eigenvalue weighted by molar-refractivity contribution is 0.0956. The van der Waals surface area contributed by atoms with Gasteiger partial charge in [0.2, 0.25) is 0 Å². The number of nitrogens with zero attached hydrogens (tertiary/aromatic N) is 3. The zero-order chi connectivity index (χ0) is 15.1. The second-order valence-corrected chi connectivity index (χ2v) is 5.59. The highest BCUT2D eigenvalue weighted by atomic mass is 32.2. The molecular weight excluding hydrogens is 284 g/mol. The number of amides is 1. The molecule has 0 saturated carbocycles. The van der Waals surface area contributed by atoms with Gasteiger partial charge in [0.1, 0.15) is 0 Å². The molecular formula is C15H16N4OS. The Kier molecular flexibility index (Phi) is 5.41. The molecule has 0 bridgehead atoms. The number of carbonyl (C=O) groups excluding carboxylic acids is 1. The molecule has 0 atom stereocenters. The molecule has 0 radical (unpaired) electrons. The molecule has 0 aliphatic carbocycles. The van der Waals surface area contributed by atoms with Crippen molar-refractivity contribution >= 4 is 17.7 Å². The van der Waals surface area contributed by atoms with Crippen LogP contribution in [0.1, 0.15) is 21.5 Å². The average molecular weight is 300 g/mol. The van der Waals surface area contributed by atoms with E-state index in [-0.39, 0.29) is 5.91 Å². The summed E-state index contributed by atoms with van der Waals surface area (Å²) in [6.45, 7) is 0.590. The van der Waals surface area contributed by atoms with Gasteiger partial charge in [0.15, 0.2) is 0 Å². The number of thioether (sulfide) groups is 1. The second-order valence-electron chi connectivity index (χ2n) is 4.48. The van der Waals surface area contributed by atoms with Crippen molar-refractivity contribution in [3.05, 3.63) is 53.3 Å². The minimum Gasteiger partial charge on any atom is -0.351 e. The van der Waals surface area contributed by atoms with Crippen LogP contribution in [0.15, 0.2) is 36.7 Å². The first-order valence-electron chi connectivity index (χ1n) is 6.53. The molecule has 0 spiro atoms. The summed E-state index contributed by atoms with van der Waals surface area (Å²) in [6.07, 6.45) is 3.23. The second kappa shape index (κ2) is 7.50. The first kappa shape index (κ1) is 15.1. The molecule has 1 heterocycles. The van der Waals surface area contributed by atoms with Crippen LogP contribution in [-0.2, 0) is 12.8 Å². The number of nitrogens with one attached hydrogen (secondary N) is 1. The van der Waals surface area contributed by atoms with Crippen LogP contribution in [0.25, 0.3) is 0 Å². The van der Waals surface area contributed by atoms with Crippen LogP contribution in [0.2, 0.25) is 0 Å². The van der Waals surface area contributed by atoms with Crippen molar-refractivity contribution in [3.63, 3.8) is 0 Å². The summed E-state index contributed by atoms with van der Waals surface area (Å²) >= 11 is 1.69. The molecule has 6 heteroatoms. The predicted molar refractivity (Wildman–Crippen MR) is 82.9 cm³/mol. The lowest BCUT2D eigenvalue weighted by Crippen LogP contribution is -2.25. The summed E-state index contributed by atoms with van der Waals surface area (Å²) in [6, 6.07) is 9.76. The molecule has 1 aromatic heterocycles. The SMILES string of the molecule is Cn1cc(C(=O)NCCSCc2ccccc2C#N)cn1. The van der Waals surface area contributed by atoms with E-state index in [1.807, 2.05) is 24.3 Å². The molecule has 2 rings (SSSR count). The maximum absolute atomic E-state index is 11.8. The molecule has 0 saturated heterocycles. The van der Waals surface area contributed by atoms with Gasteiger partial charge < -0.3 is 5.32 Å². The first-order valence-corrected chi connectivity index (χ1v) is 7.69. The van der Waals surface area contributed by atoms with Gasteiger partial charge in [-0.15, -0.1) is 0 Å². The van der Waals surface area contributed by atoms with E-state index in [0.29, 0.717) is 17.7 Å². The largest absolute Gasteiger partial charge is 0.351 e. The molecule has 0 fully saturated rings. The third kappa shape index (κ3) is 4.36. The van der Waals surface area contributed by atoms with Gasteiger partial charge in [0, 0.05) is 31.3 Å². The maximum Gasteiger partial charge on any atom is 0.254 e. The van der Waals surface area contributed by atoms with Crippen LogP contribution in [0, 0.1) is 11.3 Å². The number of rotatable bonds is 6. The van der Waals surface area contributed by atoms with Gasteiger partial charge >= 0.3 is 0 Å². The van der Waals surface area contributed by atoms with Gasteiger partial charge in [-0.05, 0) is 11.6 Å². The number of aryl methyl sites for hydroxylation is 1. The Morgan fingerprint density at radius 3 is 3.00 bits per heavy atom. The fraction of sp³-hybridized carbons (Fsp3) is 0.267. The van der Waals surface area contributed by atoms with Gasteiger partial charge in [-0.3, -0.25) is 9.48 Å². The van der Waals surface area contributed by atoms with Crippen molar-refractivity contribution in [2.24, 2.45) is 7.05 Å². The number of hydrogen-bond donors (Lipinski definition) is 1. The van der Waals surface area contributed by atoms with Gasteiger partial charge in [-0.2, -0.15) is 22.1 Å². The highest BCUT2D eigenvalue weighted by Crippen LogP contribution is 2.15. The molecule has 108 valence electrons. The van der Waals surface area contributed by atoms with Gasteiger partial charge in [-0.25, -0.2) is 0 Å². The lowest BCUT2D eigenvalue weighted by Gasteiger charge is -2.05. The first-order chi connectivity index (χ1) is 10.2. The van der Waals surface area contributed by atoms with E-state index in [1.165, 1.54) is 0 Å². The Morgan fingerprint density at radius 2 is 2.29 bits per heavy atom. The van der Waals surface area contributed by atoms with E-state index < -0.39 is 0 Å². The Labute approximate surface area is 128 Å². The van der Waals surface area contributed by atoms with Crippen molar-refractivity contribution in [1.29, 1.82) is 5.26 Å². The summed E-state index contributed by atoms with van der Waals surface area (Å²) < 4.78 is 1.60. The van der Waals surface area contributed by atoms with Gasteiger partial charge in [-0.1, -0.05) is 18.2 Å². The number of hydrogen-bond acceptors (Lipinski definition) is 4. The molecule has 0 aliphatic rings. The molecule has 5 nitrogen and oxygen atoms in total. The lowest BCUT2D eigenvalue weighted by atomic mass is 10.1. The van der Waals surface area contributed by atoms with Crippen LogP contribution in [0.5, 0.6) is 0 Å². The van der Waals surface area contributed by atoms with Crippen molar-refractivity contribution in [3.8, 4) is 6.07 Å².